The number of nitrogens with one attached hydrogen (secondary N) is 1. The van der Waals surface area contributed by atoms with E-state index in [1.54, 1.807) is 18.2 Å². The first-order valence-corrected chi connectivity index (χ1v) is 7.30. The summed E-state index contributed by atoms with van der Waals surface area (Å²) in [7, 11) is 0. The van der Waals surface area contributed by atoms with Crippen molar-refractivity contribution in [1.82, 2.24) is 0 Å². The Morgan fingerprint density at radius 2 is 2.00 bits per heavy atom. The second-order valence-electron chi connectivity index (χ2n) is 4.24. The summed E-state index contributed by atoms with van der Waals surface area (Å²) in [6, 6.07) is 12.7. The molecule has 0 bridgehead atoms. The fraction of sp³-hybridized carbons (Fsp3) is 0.133. The molecular formula is C15H16AsNO2. The molecule has 0 aromatic heterocycles. The van der Waals surface area contributed by atoms with Gasteiger partial charge in [0.15, 0.2) is 0 Å². The van der Waals surface area contributed by atoms with Crippen LogP contribution in [-0.2, 0) is 6.42 Å². The van der Waals surface area contributed by atoms with Gasteiger partial charge < -0.3 is 0 Å². The van der Waals surface area contributed by atoms with Gasteiger partial charge in [-0.1, -0.05) is 0 Å². The van der Waals surface area contributed by atoms with Crippen molar-refractivity contribution in [2.75, 3.05) is 5.32 Å². The van der Waals surface area contributed by atoms with Crippen molar-refractivity contribution in [2.24, 2.45) is 0 Å². The van der Waals surface area contributed by atoms with Crippen LogP contribution >= 0.6 is 0 Å². The van der Waals surface area contributed by atoms with Crippen LogP contribution in [0.5, 0.6) is 5.75 Å². The van der Waals surface area contributed by atoms with Crippen molar-refractivity contribution >= 4 is 32.8 Å². The molecule has 0 radical (unpaired) electrons. The standard InChI is InChI=1S/C15H16AsNO2/c1-2-10-7-8-11(9-14(10)18)17-15(19)12-5-3-4-6-13(12)16/h3-9,18H,2,16H2,1H3,(H,17,19). The van der Waals surface area contributed by atoms with Crippen LogP contribution in [0.3, 0.4) is 0 Å². The first kappa shape index (κ1) is 13.7. The quantitative estimate of drug-likeness (QED) is 0.842. The van der Waals surface area contributed by atoms with Gasteiger partial charge >= 0.3 is 121 Å². The van der Waals surface area contributed by atoms with Gasteiger partial charge in [-0.3, -0.25) is 0 Å². The van der Waals surface area contributed by atoms with Crippen LogP contribution in [0.2, 0.25) is 0 Å². The molecule has 0 aliphatic heterocycles. The van der Waals surface area contributed by atoms with E-state index in [-0.39, 0.29) is 11.7 Å². The second kappa shape index (κ2) is 5.94. The Morgan fingerprint density at radius 1 is 1.26 bits per heavy atom. The van der Waals surface area contributed by atoms with E-state index >= 15 is 0 Å². The summed E-state index contributed by atoms with van der Waals surface area (Å²) in [5.41, 5.74) is 2.15. The zero-order valence-electron chi connectivity index (χ0n) is 10.7. The Labute approximate surface area is 121 Å². The third kappa shape index (κ3) is 3.18. The van der Waals surface area contributed by atoms with Crippen molar-refractivity contribution in [3.63, 3.8) is 0 Å². The van der Waals surface area contributed by atoms with E-state index < -0.39 is 0 Å². The van der Waals surface area contributed by atoms with Crippen molar-refractivity contribution in [3.05, 3.63) is 53.6 Å². The van der Waals surface area contributed by atoms with E-state index in [1.165, 1.54) is 16.9 Å². The minimum absolute atomic E-state index is 0.149. The fourth-order valence-electron chi connectivity index (χ4n) is 1.84. The predicted octanol–water partition coefficient (Wildman–Crippen LogP) is 1.47. The molecule has 4 heteroatoms. The number of phenolic OH excluding ortho intramolecular Hbond substituents is 1. The summed E-state index contributed by atoms with van der Waals surface area (Å²) in [5.74, 6) is 0.0675. The number of aryl methyl sites for hydroxylation is 1. The van der Waals surface area contributed by atoms with Gasteiger partial charge in [0.25, 0.3) is 0 Å². The average molecular weight is 317 g/mol. The van der Waals surface area contributed by atoms with Crippen LogP contribution in [0, 0.1) is 0 Å². The molecule has 2 N–H and O–H groups in total. The van der Waals surface area contributed by atoms with Crippen molar-refractivity contribution in [1.29, 1.82) is 0 Å². The number of carbonyl (C=O) groups excluding carboxylic acids is 1. The molecule has 0 saturated heterocycles. The molecule has 0 fully saturated rings. The van der Waals surface area contributed by atoms with Gasteiger partial charge in [-0.05, 0) is 0 Å². The van der Waals surface area contributed by atoms with Gasteiger partial charge in [0.1, 0.15) is 0 Å². The Balaban J connectivity index is 2.20. The molecule has 1 atom stereocenters. The van der Waals surface area contributed by atoms with Crippen LogP contribution in [0.25, 0.3) is 0 Å². The first-order chi connectivity index (χ1) is 9.11. The topological polar surface area (TPSA) is 49.3 Å². The molecule has 19 heavy (non-hydrogen) atoms. The van der Waals surface area contributed by atoms with Gasteiger partial charge in [-0.2, -0.15) is 0 Å². The van der Waals surface area contributed by atoms with E-state index in [9.17, 15) is 9.90 Å². The molecule has 0 saturated carbocycles. The van der Waals surface area contributed by atoms with Crippen molar-refractivity contribution < 1.29 is 9.90 Å². The number of aromatic hydroxyl groups is 1. The van der Waals surface area contributed by atoms with Gasteiger partial charge in [0.05, 0.1) is 0 Å². The molecule has 1 amide bonds. The Morgan fingerprint density at radius 3 is 2.63 bits per heavy atom. The number of carbonyl (C=O) groups is 1. The summed E-state index contributed by atoms with van der Waals surface area (Å²) in [5, 5.41) is 12.6. The summed E-state index contributed by atoms with van der Waals surface area (Å²) in [6.45, 7) is 1.97. The Hall–Kier alpha value is -1.73. The SMILES string of the molecule is CCc1ccc(NC(=O)c2ccccc2[AsH2])cc1O. The van der Waals surface area contributed by atoms with E-state index in [4.69, 9.17) is 0 Å². The Bertz CT molecular complexity index is 611. The molecular weight excluding hydrogens is 301 g/mol. The molecule has 0 aliphatic rings. The van der Waals surface area contributed by atoms with Crippen LogP contribution in [0.15, 0.2) is 42.5 Å². The molecule has 0 spiro atoms. The van der Waals surface area contributed by atoms with Gasteiger partial charge in [0, 0.05) is 0 Å². The van der Waals surface area contributed by atoms with E-state index in [2.05, 4.69) is 5.32 Å². The molecule has 2 aromatic carbocycles. The molecule has 2 aromatic rings. The summed E-state index contributed by atoms with van der Waals surface area (Å²) < 4.78 is 0.988. The van der Waals surface area contributed by atoms with Gasteiger partial charge in [-0.25, -0.2) is 0 Å². The number of phenols is 1. The first-order valence-electron chi connectivity index (χ1n) is 6.09. The van der Waals surface area contributed by atoms with Crippen LogP contribution < -0.4 is 9.67 Å². The van der Waals surface area contributed by atoms with Crippen LogP contribution in [0.1, 0.15) is 22.8 Å². The third-order valence-corrected chi connectivity index (χ3v) is 3.99. The molecule has 2 rings (SSSR count). The maximum atomic E-state index is 12.1. The van der Waals surface area contributed by atoms with Gasteiger partial charge in [0.2, 0.25) is 0 Å². The minimum atomic E-state index is -0.149. The number of amides is 1. The summed E-state index contributed by atoms with van der Waals surface area (Å²) in [6.07, 6.45) is 0.764. The van der Waals surface area contributed by atoms with E-state index in [0.717, 1.165) is 16.3 Å². The van der Waals surface area contributed by atoms with Gasteiger partial charge in [-0.15, -0.1) is 0 Å². The number of hydrogen-bond acceptors (Lipinski definition) is 2. The molecule has 0 heterocycles. The normalized spacial score (nSPS) is 10.2. The van der Waals surface area contributed by atoms with Crippen LogP contribution in [0.4, 0.5) is 5.69 Å². The van der Waals surface area contributed by atoms with Crippen molar-refractivity contribution in [2.45, 2.75) is 13.3 Å². The van der Waals surface area contributed by atoms with E-state index in [0.29, 0.717) is 11.3 Å². The molecule has 1 unspecified atom stereocenters. The molecule has 3 nitrogen and oxygen atoms in total. The Kier molecular flexibility index (Phi) is 4.28. The van der Waals surface area contributed by atoms with E-state index in [1.807, 2.05) is 31.2 Å². The maximum absolute atomic E-state index is 12.1. The molecule has 98 valence electrons. The zero-order valence-corrected chi connectivity index (χ0v) is 13.1. The average Bonchev–Trinajstić information content (AvgIpc) is 2.39. The number of anilines is 1. The fourth-order valence-corrected chi connectivity index (χ4v) is 2.55. The second-order valence-corrected chi connectivity index (χ2v) is 5.54. The number of benzene rings is 2. The summed E-state index contributed by atoms with van der Waals surface area (Å²) >= 11 is 1.41. The predicted molar refractivity (Wildman–Crippen MR) is 80.1 cm³/mol. The van der Waals surface area contributed by atoms with Crippen molar-refractivity contribution in [3.8, 4) is 5.75 Å². The summed E-state index contributed by atoms with van der Waals surface area (Å²) in [4.78, 5) is 12.1. The third-order valence-electron chi connectivity index (χ3n) is 2.93. The van der Waals surface area contributed by atoms with Crippen LogP contribution in [-0.4, -0.2) is 27.9 Å². The zero-order chi connectivity index (χ0) is 13.8. The number of rotatable bonds is 3. The number of hydrogen-bond donors (Lipinski definition) is 2. The monoisotopic (exact) mass is 317 g/mol. The molecule has 0 aliphatic carbocycles.